The standard InChI is InChI=1S/C22H17ClFN5O3/c23-16-2-1-14(9-17(16)24)19(12-30)29-8-5-13(10-21(29)32)18-4-7-26-22(28-18)27-15-3-6-25-20(31)11-15/h1-11,19,30H,12H2,(H2,25,26,27,28,31). The van der Waals surface area contributed by atoms with Crippen LogP contribution in [0, 0.1) is 5.82 Å². The Labute approximate surface area is 186 Å². The summed E-state index contributed by atoms with van der Waals surface area (Å²) < 4.78 is 15.2. The van der Waals surface area contributed by atoms with E-state index in [4.69, 9.17) is 11.6 Å². The van der Waals surface area contributed by atoms with Crippen molar-refractivity contribution in [3.63, 3.8) is 0 Å². The first-order valence-electron chi connectivity index (χ1n) is 9.52. The zero-order valence-corrected chi connectivity index (χ0v) is 17.3. The highest BCUT2D eigenvalue weighted by Crippen LogP contribution is 2.23. The predicted molar refractivity (Wildman–Crippen MR) is 119 cm³/mol. The molecule has 162 valence electrons. The van der Waals surface area contributed by atoms with E-state index in [-0.39, 0.29) is 16.5 Å². The van der Waals surface area contributed by atoms with Gasteiger partial charge in [-0.25, -0.2) is 14.4 Å². The number of pyridine rings is 2. The van der Waals surface area contributed by atoms with Gasteiger partial charge in [0.25, 0.3) is 5.56 Å². The molecule has 3 N–H and O–H groups in total. The van der Waals surface area contributed by atoms with Crippen LogP contribution in [0.2, 0.25) is 5.02 Å². The second-order valence-electron chi connectivity index (χ2n) is 6.86. The lowest BCUT2D eigenvalue weighted by molar-refractivity contribution is 0.247. The first-order valence-corrected chi connectivity index (χ1v) is 9.89. The van der Waals surface area contributed by atoms with Crippen LogP contribution < -0.4 is 16.4 Å². The van der Waals surface area contributed by atoms with E-state index >= 15 is 0 Å². The summed E-state index contributed by atoms with van der Waals surface area (Å²) in [4.78, 5) is 35.3. The molecule has 10 heteroatoms. The lowest BCUT2D eigenvalue weighted by Gasteiger charge is -2.18. The molecule has 0 aliphatic heterocycles. The number of H-pyrrole nitrogens is 1. The Bertz CT molecular complexity index is 1390. The SMILES string of the molecule is O=c1cc(Nc2nccc(-c3ccn(C(CO)c4ccc(Cl)c(F)c4)c(=O)c3)n2)cc[nH]1. The van der Waals surface area contributed by atoms with E-state index in [2.05, 4.69) is 20.3 Å². The molecule has 3 aromatic heterocycles. The summed E-state index contributed by atoms with van der Waals surface area (Å²) in [6.45, 7) is -0.405. The van der Waals surface area contributed by atoms with Gasteiger partial charge in [-0.2, -0.15) is 0 Å². The number of benzene rings is 1. The van der Waals surface area contributed by atoms with E-state index in [0.717, 1.165) is 0 Å². The molecule has 0 amide bonds. The zero-order chi connectivity index (χ0) is 22.7. The van der Waals surface area contributed by atoms with Crippen LogP contribution in [-0.2, 0) is 0 Å². The van der Waals surface area contributed by atoms with E-state index in [1.807, 2.05) is 0 Å². The number of aliphatic hydroxyl groups is 1. The molecule has 32 heavy (non-hydrogen) atoms. The molecule has 8 nitrogen and oxygen atoms in total. The fourth-order valence-electron chi connectivity index (χ4n) is 3.21. The van der Waals surface area contributed by atoms with E-state index in [1.165, 1.54) is 47.4 Å². The van der Waals surface area contributed by atoms with Crippen LogP contribution in [0.15, 0.2) is 76.7 Å². The molecule has 4 rings (SSSR count). The zero-order valence-electron chi connectivity index (χ0n) is 16.5. The van der Waals surface area contributed by atoms with Gasteiger partial charge in [-0.15, -0.1) is 0 Å². The smallest absolute Gasteiger partial charge is 0.251 e. The summed E-state index contributed by atoms with van der Waals surface area (Å²) >= 11 is 5.73. The highest BCUT2D eigenvalue weighted by atomic mass is 35.5. The quantitative estimate of drug-likeness (QED) is 0.413. The number of hydrogen-bond acceptors (Lipinski definition) is 6. The summed E-state index contributed by atoms with van der Waals surface area (Å²) in [5.41, 5.74) is 1.27. The summed E-state index contributed by atoms with van der Waals surface area (Å²) in [7, 11) is 0. The first-order chi connectivity index (χ1) is 15.4. The number of nitrogens with one attached hydrogen (secondary N) is 2. The number of aromatic nitrogens is 4. The second kappa shape index (κ2) is 9.13. The van der Waals surface area contributed by atoms with Crippen molar-refractivity contribution in [3.8, 4) is 11.3 Å². The number of halogens is 2. The van der Waals surface area contributed by atoms with Crippen molar-refractivity contribution in [2.75, 3.05) is 11.9 Å². The minimum Gasteiger partial charge on any atom is -0.394 e. The Morgan fingerprint density at radius 2 is 2.00 bits per heavy atom. The maximum Gasteiger partial charge on any atom is 0.251 e. The minimum atomic E-state index is -0.776. The van der Waals surface area contributed by atoms with Crippen molar-refractivity contribution in [1.82, 2.24) is 19.5 Å². The van der Waals surface area contributed by atoms with Gasteiger partial charge in [-0.05, 0) is 35.9 Å². The largest absolute Gasteiger partial charge is 0.394 e. The van der Waals surface area contributed by atoms with Crippen molar-refractivity contribution in [3.05, 3.63) is 104 Å². The van der Waals surface area contributed by atoms with E-state index in [1.54, 1.807) is 24.3 Å². The predicted octanol–water partition coefficient (Wildman–Crippen LogP) is 3.11. The van der Waals surface area contributed by atoms with E-state index < -0.39 is 24.0 Å². The molecule has 1 unspecified atom stereocenters. The fourth-order valence-corrected chi connectivity index (χ4v) is 3.33. The number of nitrogens with zero attached hydrogens (tertiary/aromatic N) is 3. The van der Waals surface area contributed by atoms with Crippen molar-refractivity contribution < 1.29 is 9.50 Å². The maximum atomic E-state index is 13.9. The Morgan fingerprint density at radius 3 is 2.72 bits per heavy atom. The van der Waals surface area contributed by atoms with Crippen LogP contribution in [0.5, 0.6) is 0 Å². The third-order valence-electron chi connectivity index (χ3n) is 4.77. The molecule has 3 heterocycles. The molecule has 0 spiro atoms. The Balaban J connectivity index is 1.63. The van der Waals surface area contributed by atoms with Crippen molar-refractivity contribution in [2.24, 2.45) is 0 Å². The number of anilines is 2. The Kier molecular flexibility index (Phi) is 6.11. The molecular formula is C22H17ClFN5O3. The van der Waals surface area contributed by atoms with Crippen molar-refractivity contribution >= 4 is 23.2 Å². The van der Waals surface area contributed by atoms with Crippen molar-refractivity contribution in [1.29, 1.82) is 0 Å². The van der Waals surface area contributed by atoms with Crippen LogP contribution in [0.4, 0.5) is 16.0 Å². The molecule has 1 atom stereocenters. The molecule has 0 fully saturated rings. The Morgan fingerprint density at radius 1 is 1.16 bits per heavy atom. The van der Waals surface area contributed by atoms with Crippen LogP contribution in [-0.4, -0.2) is 31.2 Å². The van der Waals surface area contributed by atoms with Gasteiger partial charge in [-0.3, -0.25) is 9.59 Å². The third-order valence-corrected chi connectivity index (χ3v) is 5.07. The lowest BCUT2D eigenvalue weighted by Crippen LogP contribution is -2.27. The average molecular weight is 454 g/mol. The highest BCUT2D eigenvalue weighted by molar-refractivity contribution is 6.30. The molecule has 0 radical (unpaired) electrons. The van der Waals surface area contributed by atoms with Crippen LogP contribution in [0.1, 0.15) is 11.6 Å². The van der Waals surface area contributed by atoms with Gasteiger partial charge in [0.2, 0.25) is 11.5 Å². The number of rotatable bonds is 6. The molecule has 0 saturated heterocycles. The maximum absolute atomic E-state index is 13.9. The van der Waals surface area contributed by atoms with Gasteiger partial charge in [0.1, 0.15) is 5.82 Å². The van der Waals surface area contributed by atoms with Crippen molar-refractivity contribution in [2.45, 2.75) is 6.04 Å². The molecule has 0 aliphatic carbocycles. The summed E-state index contributed by atoms with van der Waals surface area (Å²) in [5, 5.41) is 12.7. The van der Waals surface area contributed by atoms with E-state index in [9.17, 15) is 19.1 Å². The second-order valence-corrected chi connectivity index (χ2v) is 7.27. The highest BCUT2D eigenvalue weighted by Gasteiger charge is 2.16. The van der Waals surface area contributed by atoms with Crippen LogP contribution >= 0.6 is 11.6 Å². The average Bonchev–Trinajstić information content (AvgIpc) is 2.78. The number of aromatic amines is 1. The van der Waals surface area contributed by atoms with Gasteiger partial charge in [-0.1, -0.05) is 17.7 Å². The minimum absolute atomic E-state index is 0.0404. The van der Waals surface area contributed by atoms with Crippen LogP contribution in [0.3, 0.4) is 0 Å². The van der Waals surface area contributed by atoms with Gasteiger partial charge in [0.05, 0.1) is 23.4 Å². The van der Waals surface area contributed by atoms with E-state index in [0.29, 0.717) is 22.5 Å². The normalized spacial score (nSPS) is 11.8. The fraction of sp³-hybridized carbons (Fsp3) is 0.0909. The summed E-state index contributed by atoms with van der Waals surface area (Å²) in [6, 6.07) is 11.1. The molecule has 1 aromatic carbocycles. The molecule has 0 saturated carbocycles. The molecule has 4 aromatic rings. The number of hydrogen-bond donors (Lipinski definition) is 3. The first kappa shape index (κ1) is 21.4. The monoisotopic (exact) mass is 453 g/mol. The topological polar surface area (TPSA) is 113 Å². The lowest BCUT2D eigenvalue weighted by atomic mass is 10.1. The van der Waals surface area contributed by atoms with Gasteiger partial charge < -0.3 is 20.0 Å². The summed E-state index contributed by atoms with van der Waals surface area (Å²) in [5.74, 6) is -0.379. The van der Waals surface area contributed by atoms with Gasteiger partial charge in [0.15, 0.2) is 0 Å². The van der Waals surface area contributed by atoms with Gasteiger partial charge in [0, 0.05) is 42.0 Å². The van der Waals surface area contributed by atoms with Gasteiger partial charge >= 0.3 is 0 Å². The number of aliphatic hydroxyl groups excluding tert-OH is 1. The Hall–Kier alpha value is -3.82. The third kappa shape index (κ3) is 4.58. The van der Waals surface area contributed by atoms with Crippen LogP contribution in [0.25, 0.3) is 11.3 Å². The molecular weight excluding hydrogens is 437 g/mol. The molecule has 0 bridgehead atoms. The molecule has 0 aliphatic rings. The summed E-state index contributed by atoms with van der Waals surface area (Å²) in [6.07, 6.45) is 4.53.